The number of likely N-dealkylation sites (tertiary alicyclic amines) is 1. The third kappa shape index (κ3) is 4.21. The van der Waals surface area contributed by atoms with E-state index in [4.69, 9.17) is 4.42 Å². The van der Waals surface area contributed by atoms with Crippen molar-refractivity contribution in [2.24, 2.45) is 5.92 Å². The molecule has 1 aliphatic heterocycles. The molecule has 0 saturated carbocycles. The maximum Gasteiger partial charge on any atom is 0.294 e. The highest BCUT2D eigenvalue weighted by molar-refractivity contribution is 7.09. The molecule has 0 aliphatic carbocycles. The molecule has 2 aromatic heterocycles. The lowest BCUT2D eigenvalue weighted by molar-refractivity contribution is 0.0906. The minimum Gasteiger partial charge on any atom is -0.459 e. The van der Waals surface area contributed by atoms with E-state index < -0.39 is 0 Å². The van der Waals surface area contributed by atoms with Crippen molar-refractivity contribution in [3.63, 3.8) is 0 Å². The van der Waals surface area contributed by atoms with Crippen molar-refractivity contribution in [1.29, 1.82) is 0 Å². The monoisotopic (exact) mass is 394 g/mol. The van der Waals surface area contributed by atoms with Gasteiger partial charge in [-0.15, -0.1) is 11.3 Å². The lowest BCUT2D eigenvalue weighted by Gasteiger charge is -2.42. The maximum absolute atomic E-state index is 13.2. The van der Waals surface area contributed by atoms with Crippen LogP contribution in [0.15, 0.2) is 70.7 Å². The molecule has 1 aromatic carbocycles. The molecule has 2 atom stereocenters. The first kappa shape index (κ1) is 19.0. The van der Waals surface area contributed by atoms with Crippen LogP contribution in [-0.2, 0) is 6.42 Å². The number of para-hydroxylation sites is 1. The summed E-state index contributed by atoms with van der Waals surface area (Å²) in [6.45, 7) is 5.35. The summed E-state index contributed by atoms with van der Waals surface area (Å²) in [6, 6.07) is 18.0. The molecular weight excluding hydrogens is 368 g/mol. The Morgan fingerprint density at radius 3 is 2.71 bits per heavy atom. The summed E-state index contributed by atoms with van der Waals surface area (Å²) in [7, 11) is 0. The number of anilines is 1. The van der Waals surface area contributed by atoms with Gasteiger partial charge < -0.3 is 14.2 Å². The second-order valence-electron chi connectivity index (χ2n) is 7.45. The van der Waals surface area contributed by atoms with Crippen LogP contribution >= 0.6 is 11.3 Å². The fraction of sp³-hybridized carbons (Fsp3) is 0.348. The SMILES string of the molecule is CC1CN(CCc2cccs2)CCC1N(C(=O)c1ccco1)c1ccccc1. The fourth-order valence-corrected chi connectivity index (χ4v) is 4.79. The van der Waals surface area contributed by atoms with Crippen LogP contribution in [0, 0.1) is 5.92 Å². The largest absolute Gasteiger partial charge is 0.459 e. The number of piperidine rings is 1. The number of rotatable bonds is 6. The number of thiophene rings is 1. The number of carbonyl (C=O) groups is 1. The zero-order valence-corrected chi connectivity index (χ0v) is 17.0. The van der Waals surface area contributed by atoms with E-state index in [1.54, 1.807) is 18.4 Å². The lowest BCUT2D eigenvalue weighted by atomic mass is 9.91. The van der Waals surface area contributed by atoms with Crippen LogP contribution < -0.4 is 4.90 Å². The molecule has 28 heavy (non-hydrogen) atoms. The van der Waals surface area contributed by atoms with Crippen LogP contribution in [0.4, 0.5) is 5.69 Å². The number of furan rings is 1. The summed E-state index contributed by atoms with van der Waals surface area (Å²) < 4.78 is 5.42. The van der Waals surface area contributed by atoms with Gasteiger partial charge in [0.15, 0.2) is 5.76 Å². The third-order valence-electron chi connectivity index (χ3n) is 5.52. The maximum atomic E-state index is 13.2. The molecule has 0 N–H and O–H groups in total. The molecule has 0 bridgehead atoms. The Hall–Kier alpha value is -2.37. The van der Waals surface area contributed by atoms with Crippen LogP contribution in [-0.4, -0.2) is 36.5 Å². The molecule has 0 spiro atoms. The van der Waals surface area contributed by atoms with E-state index >= 15 is 0 Å². The number of nitrogens with zero attached hydrogens (tertiary/aromatic N) is 2. The van der Waals surface area contributed by atoms with Crippen LogP contribution in [0.2, 0.25) is 0 Å². The second-order valence-corrected chi connectivity index (χ2v) is 8.48. The first-order valence-electron chi connectivity index (χ1n) is 9.89. The highest BCUT2D eigenvalue weighted by Gasteiger charge is 2.35. The molecule has 3 heterocycles. The fourth-order valence-electron chi connectivity index (χ4n) is 4.10. The summed E-state index contributed by atoms with van der Waals surface area (Å²) in [5.41, 5.74) is 0.938. The molecule has 2 unspecified atom stereocenters. The Labute approximate surface area is 170 Å². The van der Waals surface area contributed by atoms with Gasteiger partial charge in [0, 0.05) is 36.2 Å². The van der Waals surface area contributed by atoms with Gasteiger partial charge in [-0.25, -0.2) is 0 Å². The lowest BCUT2D eigenvalue weighted by Crippen LogP contribution is -2.52. The summed E-state index contributed by atoms with van der Waals surface area (Å²) in [4.78, 5) is 19.1. The van der Waals surface area contributed by atoms with Crippen molar-refractivity contribution in [3.8, 4) is 0 Å². The van der Waals surface area contributed by atoms with Gasteiger partial charge >= 0.3 is 0 Å². The minimum absolute atomic E-state index is 0.0555. The zero-order chi connectivity index (χ0) is 19.3. The number of benzene rings is 1. The van der Waals surface area contributed by atoms with Gasteiger partial charge in [0.2, 0.25) is 0 Å². The summed E-state index contributed by atoms with van der Waals surface area (Å²) in [5, 5.41) is 2.14. The highest BCUT2D eigenvalue weighted by Crippen LogP contribution is 2.29. The average Bonchev–Trinajstić information content (AvgIpc) is 3.43. The molecule has 0 radical (unpaired) electrons. The molecule has 1 aliphatic rings. The van der Waals surface area contributed by atoms with E-state index in [1.165, 1.54) is 4.88 Å². The van der Waals surface area contributed by atoms with Gasteiger partial charge in [-0.1, -0.05) is 31.2 Å². The summed E-state index contributed by atoms with van der Waals surface area (Å²) in [6.07, 6.45) is 3.63. The van der Waals surface area contributed by atoms with Crippen molar-refractivity contribution in [2.75, 3.05) is 24.5 Å². The Kier molecular flexibility index (Phi) is 5.93. The molecule has 5 heteroatoms. The number of hydrogen-bond acceptors (Lipinski definition) is 4. The summed E-state index contributed by atoms with van der Waals surface area (Å²) >= 11 is 1.83. The quantitative estimate of drug-likeness (QED) is 0.594. The predicted octanol–water partition coefficient (Wildman–Crippen LogP) is 4.94. The van der Waals surface area contributed by atoms with Crippen LogP contribution in [0.1, 0.15) is 28.8 Å². The second kappa shape index (κ2) is 8.76. The van der Waals surface area contributed by atoms with E-state index in [-0.39, 0.29) is 11.9 Å². The molecule has 4 nitrogen and oxygen atoms in total. The smallest absolute Gasteiger partial charge is 0.294 e. The zero-order valence-electron chi connectivity index (χ0n) is 16.2. The molecule has 1 saturated heterocycles. The van der Waals surface area contributed by atoms with E-state index in [9.17, 15) is 4.79 Å². The van der Waals surface area contributed by atoms with Gasteiger partial charge in [0.25, 0.3) is 5.91 Å². The van der Waals surface area contributed by atoms with Crippen molar-refractivity contribution >= 4 is 22.9 Å². The van der Waals surface area contributed by atoms with Crippen molar-refractivity contribution in [1.82, 2.24) is 4.90 Å². The van der Waals surface area contributed by atoms with E-state index in [1.807, 2.05) is 46.6 Å². The van der Waals surface area contributed by atoms with Gasteiger partial charge in [0.05, 0.1) is 6.26 Å². The Morgan fingerprint density at radius 2 is 2.04 bits per heavy atom. The van der Waals surface area contributed by atoms with E-state index in [0.717, 1.165) is 38.2 Å². The molecular formula is C23H26N2O2S. The predicted molar refractivity (Wildman–Crippen MR) is 114 cm³/mol. The van der Waals surface area contributed by atoms with Crippen LogP contribution in [0.5, 0.6) is 0 Å². The normalized spacial score (nSPS) is 20.2. The van der Waals surface area contributed by atoms with Crippen LogP contribution in [0.3, 0.4) is 0 Å². The molecule has 3 aromatic rings. The topological polar surface area (TPSA) is 36.7 Å². The van der Waals surface area contributed by atoms with Gasteiger partial charge in [-0.2, -0.15) is 0 Å². The molecule has 146 valence electrons. The van der Waals surface area contributed by atoms with Crippen LogP contribution in [0.25, 0.3) is 0 Å². The molecule has 1 amide bonds. The van der Waals surface area contributed by atoms with Gasteiger partial charge in [0.1, 0.15) is 0 Å². The van der Waals surface area contributed by atoms with E-state index in [0.29, 0.717) is 11.7 Å². The van der Waals surface area contributed by atoms with E-state index in [2.05, 4.69) is 29.3 Å². The van der Waals surface area contributed by atoms with Gasteiger partial charge in [-0.3, -0.25) is 4.79 Å². The standard InChI is InChI=1S/C23H26N2O2S/c1-18-17-24(13-11-20-9-6-16-28-20)14-12-21(18)25(19-7-3-2-4-8-19)23(26)22-10-5-15-27-22/h2-10,15-16,18,21H,11-14,17H2,1H3. The number of carbonyl (C=O) groups excluding carboxylic acids is 1. The average molecular weight is 395 g/mol. The molecule has 4 rings (SSSR count). The number of amides is 1. The van der Waals surface area contributed by atoms with Crippen molar-refractivity contribution in [2.45, 2.75) is 25.8 Å². The third-order valence-corrected chi connectivity index (χ3v) is 6.45. The summed E-state index contributed by atoms with van der Waals surface area (Å²) in [5.74, 6) is 0.729. The Balaban J connectivity index is 1.48. The number of hydrogen-bond donors (Lipinski definition) is 0. The van der Waals surface area contributed by atoms with Crippen molar-refractivity contribution < 1.29 is 9.21 Å². The minimum atomic E-state index is -0.0555. The highest BCUT2D eigenvalue weighted by atomic mass is 32.1. The Morgan fingerprint density at radius 1 is 1.18 bits per heavy atom. The Bertz CT molecular complexity index is 861. The first-order valence-corrected chi connectivity index (χ1v) is 10.8. The van der Waals surface area contributed by atoms with Crippen molar-refractivity contribution in [3.05, 3.63) is 76.9 Å². The molecule has 1 fully saturated rings. The first-order chi connectivity index (χ1) is 13.7. The van der Waals surface area contributed by atoms with Gasteiger partial charge in [-0.05, 0) is 54.5 Å².